The number of rotatable bonds is 3. The number of aryl methyl sites for hydroxylation is 1. The minimum absolute atomic E-state index is 0.0121. The summed E-state index contributed by atoms with van der Waals surface area (Å²) in [4.78, 5) is 4.55. The van der Waals surface area contributed by atoms with E-state index in [1.54, 1.807) is 0 Å². The zero-order chi connectivity index (χ0) is 14.1. The van der Waals surface area contributed by atoms with Gasteiger partial charge in [0.15, 0.2) is 11.9 Å². The van der Waals surface area contributed by atoms with Gasteiger partial charge in [-0.3, -0.25) is 0 Å². The van der Waals surface area contributed by atoms with E-state index in [1.165, 1.54) is 0 Å². The van der Waals surface area contributed by atoms with Crippen molar-refractivity contribution in [3.63, 3.8) is 0 Å². The first-order chi connectivity index (χ1) is 9.74. The maximum absolute atomic E-state index is 9.58. The molecule has 0 bridgehead atoms. The molecule has 5 nitrogen and oxygen atoms in total. The minimum atomic E-state index is -0.0418. The molecule has 108 valence electrons. The van der Waals surface area contributed by atoms with Gasteiger partial charge >= 0.3 is 0 Å². The lowest BCUT2D eigenvalue weighted by atomic mass is 10.1. The molecule has 1 aliphatic heterocycles. The maximum Gasteiger partial charge on any atom is 0.162 e. The van der Waals surface area contributed by atoms with Crippen LogP contribution in [0.4, 0.5) is 0 Å². The van der Waals surface area contributed by atoms with Crippen LogP contribution in [-0.2, 0) is 17.8 Å². The molecule has 1 unspecified atom stereocenters. The quantitative estimate of drug-likeness (QED) is 0.873. The Bertz CT molecular complexity index is 620. The molecule has 1 saturated heterocycles. The van der Waals surface area contributed by atoms with Gasteiger partial charge in [0.1, 0.15) is 4.60 Å². The summed E-state index contributed by atoms with van der Waals surface area (Å²) in [5, 5.41) is 15.2. The van der Waals surface area contributed by atoms with Gasteiger partial charge in [-0.15, -0.1) is 0 Å². The largest absolute Gasteiger partial charge is 0.392 e. The number of aliphatic hydroxyl groups is 1. The Labute approximate surface area is 126 Å². The Morgan fingerprint density at radius 1 is 1.50 bits per heavy atom. The summed E-state index contributed by atoms with van der Waals surface area (Å²) in [5.74, 6) is 0. The molecule has 0 aromatic carbocycles. The number of fused-ring (bicyclic) bond motifs is 1. The molecule has 6 heteroatoms. The highest BCUT2D eigenvalue weighted by Gasteiger charge is 2.23. The van der Waals surface area contributed by atoms with Crippen LogP contribution in [0.15, 0.2) is 10.7 Å². The van der Waals surface area contributed by atoms with Crippen LogP contribution in [0.25, 0.3) is 11.0 Å². The first kappa shape index (κ1) is 14.0. The summed E-state index contributed by atoms with van der Waals surface area (Å²) in [6.07, 6.45) is 3.98. The van der Waals surface area contributed by atoms with Gasteiger partial charge in [-0.1, -0.05) is 6.92 Å². The molecule has 0 radical (unpaired) electrons. The average Bonchev–Trinajstić information content (AvgIpc) is 2.85. The number of pyridine rings is 1. The van der Waals surface area contributed by atoms with Gasteiger partial charge in [0.05, 0.1) is 12.3 Å². The number of hydrogen-bond acceptors (Lipinski definition) is 4. The minimum Gasteiger partial charge on any atom is -0.392 e. The zero-order valence-electron chi connectivity index (χ0n) is 11.5. The van der Waals surface area contributed by atoms with Crippen molar-refractivity contribution in [2.45, 2.75) is 45.4 Å². The van der Waals surface area contributed by atoms with Gasteiger partial charge in [-0.25, -0.2) is 9.67 Å². The molecule has 3 heterocycles. The molecule has 1 aliphatic rings. The van der Waals surface area contributed by atoms with Crippen molar-refractivity contribution in [2.75, 3.05) is 6.61 Å². The standard InChI is InChI=1S/C14H18BrN3O2/c1-2-10-13-9(8-19)7-11(15)16-14(13)18(17-10)12-5-3-4-6-20-12/h7,12,19H,2-6,8H2,1H3. The number of ether oxygens (including phenoxy) is 1. The van der Waals surface area contributed by atoms with Crippen molar-refractivity contribution in [1.29, 1.82) is 0 Å². The summed E-state index contributed by atoms with van der Waals surface area (Å²) in [5.41, 5.74) is 2.63. The van der Waals surface area contributed by atoms with Crippen LogP contribution in [0, 0.1) is 0 Å². The van der Waals surface area contributed by atoms with E-state index in [9.17, 15) is 5.11 Å². The van der Waals surface area contributed by atoms with Crippen molar-refractivity contribution < 1.29 is 9.84 Å². The number of aromatic nitrogens is 3. The topological polar surface area (TPSA) is 60.2 Å². The van der Waals surface area contributed by atoms with Gasteiger partial charge in [-0.05, 0) is 53.2 Å². The van der Waals surface area contributed by atoms with E-state index < -0.39 is 0 Å². The highest BCUT2D eigenvalue weighted by Crippen LogP contribution is 2.30. The second-order valence-corrected chi connectivity index (χ2v) is 5.84. The molecule has 0 amide bonds. The van der Waals surface area contributed by atoms with E-state index in [-0.39, 0.29) is 12.8 Å². The van der Waals surface area contributed by atoms with E-state index >= 15 is 0 Å². The molecule has 1 atom stereocenters. The zero-order valence-corrected chi connectivity index (χ0v) is 13.1. The van der Waals surface area contributed by atoms with Crippen LogP contribution in [0.3, 0.4) is 0 Å². The SMILES string of the molecule is CCc1nn(C2CCCCO2)c2nc(Br)cc(CO)c12. The summed E-state index contributed by atoms with van der Waals surface area (Å²) < 4.78 is 8.43. The number of hydrogen-bond donors (Lipinski definition) is 1. The van der Waals surface area contributed by atoms with Crippen LogP contribution >= 0.6 is 15.9 Å². The number of nitrogens with zero attached hydrogens (tertiary/aromatic N) is 3. The third kappa shape index (κ3) is 2.36. The smallest absolute Gasteiger partial charge is 0.162 e. The molecule has 0 aliphatic carbocycles. The maximum atomic E-state index is 9.58. The fraction of sp³-hybridized carbons (Fsp3) is 0.571. The number of aliphatic hydroxyl groups excluding tert-OH is 1. The molecular formula is C14H18BrN3O2. The second-order valence-electron chi connectivity index (χ2n) is 5.03. The Hall–Kier alpha value is -0.980. The van der Waals surface area contributed by atoms with Crippen molar-refractivity contribution in [2.24, 2.45) is 0 Å². The predicted octanol–water partition coefficient (Wildman–Crippen LogP) is 2.95. The van der Waals surface area contributed by atoms with Gasteiger partial charge in [0.25, 0.3) is 0 Å². The lowest BCUT2D eigenvalue weighted by Crippen LogP contribution is -2.19. The van der Waals surface area contributed by atoms with Gasteiger partial charge in [0, 0.05) is 12.0 Å². The Kier molecular flexibility index (Phi) is 4.05. The molecule has 20 heavy (non-hydrogen) atoms. The Morgan fingerprint density at radius 3 is 3.00 bits per heavy atom. The van der Waals surface area contributed by atoms with Crippen LogP contribution in [0.2, 0.25) is 0 Å². The van der Waals surface area contributed by atoms with Crippen LogP contribution in [-0.4, -0.2) is 26.5 Å². The van der Waals surface area contributed by atoms with Gasteiger partial charge in [0.2, 0.25) is 0 Å². The second kappa shape index (κ2) is 5.79. The van der Waals surface area contributed by atoms with Gasteiger partial charge in [-0.2, -0.15) is 5.10 Å². The average molecular weight is 340 g/mol. The fourth-order valence-electron chi connectivity index (χ4n) is 2.75. The lowest BCUT2D eigenvalue weighted by molar-refractivity contribution is -0.0372. The summed E-state index contributed by atoms with van der Waals surface area (Å²) in [6, 6.07) is 1.86. The van der Waals surface area contributed by atoms with Gasteiger partial charge < -0.3 is 9.84 Å². The molecule has 1 fully saturated rings. The predicted molar refractivity (Wildman–Crippen MR) is 79.4 cm³/mol. The number of halogens is 1. The third-order valence-electron chi connectivity index (χ3n) is 3.72. The third-order valence-corrected chi connectivity index (χ3v) is 4.12. The van der Waals surface area contributed by atoms with Crippen LogP contribution in [0.1, 0.15) is 43.7 Å². The van der Waals surface area contributed by atoms with E-state index in [2.05, 4.69) is 32.9 Å². The van der Waals surface area contributed by atoms with Crippen molar-refractivity contribution in [1.82, 2.24) is 14.8 Å². The Balaban J connectivity index is 2.19. The summed E-state index contributed by atoms with van der Waals surface area (Å²) in [7, 11) is 0. The first-order valence-corrected chi connectivity index (χ1v) is 7.83. The van der Waals surface area contributed by atoms with E-state index in [0.29, 0.717) is 4.60 Å². The highest BCUT2D eigenvalue weighted by atomic mass is 79.9. The van der Waals surface area contributed by atoms with Crippen LogP contribution in [0.5, 0.6) is 0 Å². The lowest BCUT2D eigenvalue weighted by Gasteiger charge is -2.23. The van der Waals surface area contributed by atoms with E-state index in [4.69, 9.17) is 4.74 Å². The van der Waals surface area contributed by atoms with E-state index in [0.717, 1.165) is 54.6 Å². The van der Waals surface area contributed by atoms with Crippen LogP contribution < -0.4 is 0 Å². The molecule has 1 N–H and O–H groups in total. The Morgan fingerprint density at radius 2 is 2.35 bits per heavy atom. The molecule has 0 spiro atoms. The molecular weight excluding hydrogens is 322 g/mol. The van der Waals surface area contributed by atoms with Crippen molar-refractivity contribution in [3.8, 4) is 0 Å². The normalized spacial score (nSPS) is 19.6. The highest BCUT2D eigenvalue weighted by molar-refractivity contribution is 9.10. The molecule has 2 aromatic rings. The van der Waals surface area contributed by atoms with Crippen molar-refractivity contribution >= 4 is 27.0 Å². The molecule has 2 aromatic heterocycles. The van der Waals surface area contributed by atoms with E-state index in [1.807, 2.05) is 10.7 Å². The summed E-state index contributed by atoms with van der Waals surface area (Å²) >= 11 is 3.41. The van der Waals surface area contributed by atoms with Crippen molar-refractivity contribution in [3.05, 3.63) is 21.9 Å². The fourth-order valence-corrected chi connectivity index (χ4v) is 3.19. The monoisotopic (exact) mass is 339 g/mol. The first-order valence-electron chi connectivity index (χ1n) is 7.03. The molecule has 3 rings (SSSR count). The molecule has 0 saturated carbocycles. The summed E-state index contributed by atoms with van der Waals surface area (Å²) in [6.45, 7) is 2.83.